The van der Waals surface area contributed by atoms with Gasteiger partial charge >= 0.3 is 5.97 Å². The van der Waals surface area contributed by atoms with Crippen molar-refractivity contribution in [3.05, 3.63) is 56.4 Å². The quantitative estimate of drug-likeness (QED) is 0.596. The van der Waals surface area contributed by atoms with Gasteiger partial charge in [0, 0.05) is 0 Å². The molecule has 2 heterocycles. The van der Waals surface area contributed by atoms with Gasteiger partial charge in [-0.1, -0.05) is 25.1 Å². The van der Waals surface area contributed by atoms with Crippen molar-refractivity contribution in [2.24, 2.45) is 0 Å². The minimum atomic E-state index is -0.426. The molecule has 0 saturated carbocycles. The van der Waals surface area contributed by atoms with Gasteiger partial charge in [-0.2, -0.15) is 0 Å². The second-order valence-electron chi connectivity index (χ2n) is 6.16. The molecule has 0 aliphatic carbocycles. The molecule has 3 aromatic rings. The first-order chi connectivity index (χ1) is 13.5. The molecule has 7 heteroatoms. The zero-order valence-corrected chi connectivity index (χ0v) is 16.9. The topological polar surface area (TPSA) is 81.3 Å². The predicted octanol–water partition coefficient (Wildman–Crippen LogP) is 4.43. The number of nitrogens with zero attached hydrogens (tertiary/aromatic N) is 1. The van der Waals surface area contributed by atoms with Gasteiger partial charge in [-0.25, -0.2) is 9.78 Å². The van der Waals surface area contributed by atoms with E-state index in [0.29, 0.717) is 33.1 Å². The summed E-state index contributed by atoms with van der Waals surface area (Å²) < 4.78 is 10.6. The van der Waals surface area contributed by atoms with Gasteiger partial charge < -0.3 is 14.5 Å². The molecule has 1 aromatic carbocycles. The number of thiophene rings is 1. The Kier molecular flexibility index (Phi) is 6.26. The van der Waals surface area contributed by atoms with Crippen LogP contribution in [0.4, 0.5) is 0 Å². The highest BCUT2D eigenvalue weighted by Crippen LogP contribution is 2.27. The van der Waals surface area contributed by atoms with E-state index in [-0.39, 0.29) is 12.2 Å². The number of hydrogen-bond acceptors (Lipinski definition) is 6. The third kappa shape index (κ3) is 4.31. The molecule has 0 spiro atoms. The highest BCUT2D eigenvalue weighted by Gasteiger charge is 2.19. The molecule has 0 aliphatic rings. The molecule has 3 rings (SSSR count). The number of rotatable bonds is 7. The van der Waals surface area contributed by atoms with Crippen LogP contribution in [0.1, 0.15) is 46.9 Å². The second-order valence-corrected chi connectivity index (χ2v) is 7.16. The van der Waals surface area contributed by atoms with E-state index >= 15 is 0 Å². The normalized spacial score (nSPS) is 11.2. The molecular weight excluding hydrogens is 376 g/mol. The monoisotopic (exact) mass is 398 g/mol. The minimum Gasteiger partial charge on any atom is -0.494 e. The average molecular weight is 398 g/mol. The number of carbonyl (C=O) groups is 1. The van der Waals surface area contributed by atoms with Crippen LogP contribution in [0, 0.1) is 6.92 Å². The fraction of sp³-hybridized carbons (Fsp3) is 0.286. The molecule has 28 heavy (non-hydrogen) atoms. The zero-order chi connectivity index (χ0) is 20.1. The second kappa shape index (κ2) is 8.84. The van der Waals surface area contributed by atoms with Gasteiger partial charge in [0.2, 0.25) is 0 Å². The van der Waals surface area contributed by atoms with E-state index in [4.69, 9.17) is 9.47 Å². The van der Waals surface area contributed by atoms with E-state index < -0.39 is 5.97 Å². The van der Waals surface area contributed by atoms with Gasteiger partial charge in [0.15, 0.2) is 0 Å². The van der Waals surface area contributed by atoms with Crippen LogP contribution in [-0.4, -0.2) is 29.2 Å². The Morgan fingerprint density at radius 2 is 1.96 bits per heavy atom. The van der Waals surface area contributed by atoms with Crippen LogP contribution in [-0.2, 0) is 4.74 Å². The standard InChI is InChI=1S/C21H22N2O4S/c1-4-12-27-15-9-6-14(7-10-15)8-11-16-22-19(24)17-13(3)18(21(25)26-5-2)28-20(17)23-16/h6-11H,4-5,12H2,1-3H3,(H,22,23,24)/b11-8+. The van der Waals surface area contributed by atoms with Crippen LogP contribution in [0.2, 0.25) is 0 Å². The number of H-pyrrole nitrogens is 1. The van der Waals surface area contributed by atoms with E-state index in [1.54, 1.807) is 19.9 Å². The smallest absolute Gasteiger partial charge is 0.348 e. The van der Waals surface area contributed by atoms with Crippen molar-refractivity contribution in [3.8, 4) is 5.75 Å². The van der Waals surface area contributed by atoms with Gasteiger partial charge in [0.25, 0.3) is 5.56 Å². The van der Waals surface area contributed by atoms with Crippen LogP contribution >= 0.6 is 11.3 Å². The molecule has 6 nitrogen and oxygen atoms in total. The van der Waals surface area contributed by atoms with Crippen LogP contribution in [0.15, 0.2) is 29.1 Å². The number of nitrogens with one attached hydrogen (secondary N) is 1. The van der Waals surface area contributed by atoms with Crippen molar-refractivity contribution in [1.82, 2.24) is 9.97 Å². The first-order valence-electron chi connectivity index (χ1n) is 9.15. The highest BCUT2D eigenvalue weighted by atomic mass is 32.1. The Morgan fingerprint density at radius 1 is 1.21 bits per heavy atom. The Bertz CT molecular complexity index is 1060. The summed E-state index contributed by atoms with van der Waals surface area (Å²) >= 11 is 1.18. The van der Waals surface area contributed by atoms with Crippen LogP contribution < -0.4 is 10.3 Å². The van der Waals surface area contributed by atoms with Gasteiger partial charge in [0.1, 0.15) is 21.3 Å². The summed E-state index contributed by atoms with van der Waals surface area (Å²) in [6, 6.07) is 7.68. The zero-order valence-electron chi connectivity index (χ0n) is 16.1. The lowest BCUT2D eigenvalue weighted by atomic mass is 10.2. The number of aromatic amines is 1. The highest BCUT2D eigenvalue weighted by molar-refractivity contribution is 7.20. The Balaban J connectivity index is 1.86. The molecule has 146 valence electrons. The lowest BCUT2D eigenvalue weighted by Gasteiger charge is -2.04. The van der Waals surface area contributed by atoms with Crippen molar-refractivity contribution >= 4 is 39.7 Å². The number of aromatic nitrogens is 2. The minimum absolute atomic E-state index is 0.266. The summed E-state index contributed by atoms with van der Waals surface area (Å²) in [7, 11) is 0. The molecule has 0 unspecified atom stereocenters. The average Bonchev–Trinajstić information content (AvgIpc) is 3.03. The summed E-state index contributed by atoms with van der Waals surface area (Å²) in [5.74, 6) is 0.831. The molecule has 0 bridgehead atoms. The van der Waals surface area contributed by atoms with Crippen molar-refractivity contribution < 1.29 is 14.3 Å². The third-order valence-corrected chi connectivity index (χ3v) is 5.23. The van der Waals surface area contributed by atoms with Gasteiger partial charge in [0.05, 0.1) is 18.6 Å². The third-order valence-electron chi connectivity index (χ3n) is 4.07. The van der Waals surface area contributed by atoms with E-state index in [1.807, 2.05) is 30.3 Å². The number of fused-ring (bicyclic) bond motifs is 1. The summed E-state index contributed by atoms with van der Waals surface area (Å²) in [5.41, 5.74) is 1.30. The number of esters is 1. The largest absolute Gasteiger partial charge is 0.494 e. The first kappa shape index (κ1) is 19.8. The molecule has 1 N–H and O–H groups in total. The number of ether oxygens (including phenoxy) is 2. The Hall–Kier alpha value is -2.93. The Labute approximate surface area is 166 Å². The predicted molar refractivity (Wildman–Crippen MR) is 112 cm³/mol. The number of aryl methyl sites for hydroxylation is 1. The fourth-order valence-corrected chi connectivity index (χ4v) is 3.78. The SMILES string of the molecule is CCCOc1ccc(/C=C/c2nc3sc(C(=O)OCC)c(C)c3c(=O)[nH]2)cc1. The number of carbonyl (C=O) groups excluding carboxylic acids is 1. The van der Waals surface area contributed by atoms with E-state index in [1.165, 1.54) is 11.3 Å². The molecule has 0 amide bonds. The fourth-order valence-electron chi connectivity index (χ4n) is 2.70. The van der Waals surface area contributed by atoms with E-state index in [2.05, 4.69) is 16.9 Å². The number of hydrogen-bond donors (Lipinski definition) is 1. The Morgan fingerprint density at radius 3 is 2.64 bits per heavy atom. The van der Waals surface area contributed by atoms with Crippen LogP contribution in [0.3, 0.4) is 0 Å². The molecule has 0 aliphatic heterocycles. The maximum Gasteiger partial charge on any atom is 0.348 e. The summed E-state index contributed by atoms with van der Waals surface area (Å²) in [6.45, 7) is 6.52. The van der Waals surface area contributed by atoms with Crippen molar-refractivity contribution in [2.75, 3.05) is 13.2 Å². The van der Waals surface area contributed by atoms with Crippen LogP contribution in [0.25, 0.3) is 22.4 Å². The van der Waals surface area contributed by atoms with Gasteiger partial charge in [-0.15, -0.1) is 11.3 Å². The molecule has 0 atom stereocenters. The van der Waals surface area contributed by atoms with Gasteiger partial charge in [-0.3, -0.25) is 4.79 Å². The van der Waals surface area contributed by atoms with Crippen molar-refractivity contribution in [2.45, 2.75) is 27.2 Å². The molecule has 0 fully saturated rings. The van der Waals surface area contributed by atoms with Crippen LogP contribution in [0.5, 0.6) is 5.75 Å². The van der Waals surface area contributed by atoms with E-state index in [9.17, 15) is 9.59 Å². The molecule has 0 radical (unpaired) electrons. The van der Waals surface area contributed by atoms with Gasteiger partial charge in [-0.05, 0) is 49.6 Å². The summed E-state index contributed by atoms with van der Waals surface area (Å²) in [6.07, 6.45) is 4.56. The first-order valence-corrected chi connectivity index (χ1v) is 9.96. The summed E-state index contributed by atoms with van der Waals surface area (Å²) in [5, 5.41) is 0.433. The lowest BCUT2D eigenvalue weighted by Crippen LogP contribution is -2.10. The van der Waals surface area contributed by atoms with E-state index in [0.717, 1.165) is 17.7 Å². The van der Waals surface area contributed by atoms with Crippen molar-refractivity contribution in [1.29, 1.82) is 0 Å². The van der Waals surface area contributed by atoms with Crippen molar-refractivity contribution in [3.63, 3.8) is 0 Å². The number of benzene rings is 1. The summed E-state index contributed by atoms with van der Waals surface area (Å²) in [4.78, 5) is 32.7. The maximum atomic E-state index is 12.5. The molecule has 2 aromatic heterocycles. The molecular formula is C21H22N2O4S. The maximum absolute atomic E-state index is 12.5. The molecule has 0 saturated heterocycles. The lowest BCUT2D eigenvalue weighted by molar-refractivity contribution is 0.0531.